The molecule has 1 amide bonds. The number of fused-ring (bicyclic) bond motifs is 3. The molecule has 0 radical (unpaired) electrons. The largest absolute Gasteiger partial charge is 0.461 e. The van der Waals surface area contributed by atoms with E-state index in [1.807, 2.05) is 12.1 Å². The van der Waals surface area contributed by atoms with Crippen LogP contribution in [0.5, 0.6) is 6.01 Å². The second-order valence-electron chi connectivity index (χ2n) is 13.5. The van der Waals surface area contributed by atoms with Crippen molar-refractivity contribution in [3.8, 4) is 6.01 Å². The van der Waals surface area contributed by atoms with Gasteiger partial charge in [-0.2, -0.15) is 9.97 Å². The number of hydrogen-bond donors (Lipinski definition) is 0. The molecule has 0 N–H and O–H groups in total. The third-order valence-corrected chi connectivity index (χ3v) is 10.9. The van der Waals surface area contributed by atoms with Crippen molar-refractivity contribution < 1.29 is 14.3 Å². The molecule has 246 valence electrons. The standard InChI is InChI=1S/C37H43ClN6O3/c1-4-34(45)44-17-16-43(21-28(44)20-39-3)36-30-14-15-42(33-13-7-9-25-8-6-12-31(38)35(25)33)22-32(30)40-37(41-36)46-23-24(2)47-29-18-26-10-5-11-27(26)19-29/h4,6-9,12-13,24,26-29H,1,5,10-11,14-23H2,2H3/t24-,26?,27?,28-,29?/m0/s1. The van der Waals surface area contributed by atoms with Gasteiger partial charge in [-0.15, -0.1) is 0 Å². The smallest absolute Gasteiger partial charge is 0.318 e. The fraction of sp³-hybridized carbons (Fsp3) is 0.514. The molecule has 10 heteroatoms. The number of piperazine rings is 1. The van der Waals surface area contributed by atoms with E-state index in [0.717, 1.165) is 76.2 Å². The number of hydrogen-bond acceptors (Lipinski definition) is 7. The maximum Gasteiger partial charge on any atom is 0.318 e. The molecule has 2 aliphatic carbocycles. The van der Waals surface area contributed by atoms with Crippen LogP contribution in [0.1, 0.15) is 50.3 Å². The van der Waals surface area contributed by atoms with Crippen LogP contribution in [0.3, 0.4) is 0 Å². The monoisotopic (exact) mass is 654 g/mol. The maximum absolute atomic E-state index is 12.6. The van der Waals surface area contributed by atoms with Gasteiger partial charge in [0.1, 0.15) is 18.5 Å². The Morgan fingerprint density at radius 3 is 2.68 bits per heavy atom. The van der Waals surface area contributed by atoms with E-state index < -0.39 is 0 Å². The lowest BCUT2D eigenvalue weighted by Crippen LogP contribution is -2.56. The van der Waals surface area contributed by atoms with Gasteiger partial charge in [0, 0.05) is 42.8 Å². The Morgan fingerprint density at radius 1 is 1.13 bits per heavy atom. The second-order valence-corrected chi connectivity index (χ2v) is 13.9. The van der Waals surface area contributed by atoms with Crippen molar-refractivity contribution in [3.05, 3.63) is 76.8 Å². The summed E-state index contributed by atoms with van der Waals surface area (Å²) in [5, 5.41) is 2.87. The van der Waals surface area contributed by atoms with Crippen LogP contribution in [0.2, 0.25) is 5.02 Å². The quantitative estimate of drug-likeness (QED) is 0.197. The average Bonchev–Trinajstić information content (AvgIpc) is 3.68. The molecule has 2 saturated carbocycles. The third kappa shape index (κ3) is 6.50. The van der Waals surface area contributed by atoms with Crippen molar-refractivity contribution in [3.63, 3.8) is 0 Å². The van der Waals surface area contributed by atoms with Crippen molar-refractivity contribution in [2.24, 2.45) is 11.8 Å². The van der Waals surface area contributed by atoms with Crippen LogP contribution in [0.4, 0.5) is 11.5 Å². The number of anilines is 2. The second kappa shape index (κ2) is 13.7. The van der Waals surface area contributed by atoms with Crippen molar-refractivity contribution in [1.82, 2.24) is 14.9 Å². The van der Waals surface area contributed by atoms with Gasteiger partial charge in [-0.05, 0) is 61.6 Å². The Bertz CT molecular complexity index is 1680. The van der Waals surface area contributed by atoms with Crippen LogP contribution in [-0.4, -0.2) is 78.4 Å². The normalized spacial score (nSPS) is 24.5. The van der Waals surface area contributed by atoms with E-state index in [0.29, 0.717) is 44.9 Å². The molecular formula is C37H43ClN6O3. The summed E-state index contributed by atoms with van der Waals surface area (Å²) in [7, 11) is 0. The van der Waals surface area contributed by atoms with Crippen LogP contribution in [-0.2, 0) is 22.5 Å². The van der Waals surface area contributed by atoms with E-state index in [-0.39, 0.29) is 24.6 Å². The first kappa shape index (κ1) is 31.7. The predicted octanol–water partition coefficient (Wildman–Crippen LogP) is 6.33. The summed E-state index contributed by atoms with van der Waals surface area (Å²) >= 11 is 6.73. The molecule has 0 bridgehead atoms. The maximum atomic E-state index is 12.6. The van der Waals surface area contributed by atoms with Gasteiger partial charge in [0.15, 0.2) is 0 Å². The van der Waals surface area contributed by atoms with Gasteiger partial charge < -0.3 is 29.0 Å². The highest BCUT2D eigenvalue weighted by molar-refractivity contribution is 6.36. The Kier molecular flexibility index (Phi) is 9.24. The number of halogens is 1. The van der Waals surface area contributed by atoms with E-state index in [2.05, 4.69) is 52.4 Å². The van der Waals surface area contributed by atoms with Gasteiger partial charge in [-0.1, -0.05) is 61.7 Å². The third-order valence-electron chi connectivity index (χ3n) is 10.6. The summed E-state index contributed by atoms with van der Waals surface area (Å²) in [6, 6.07) is 12.4. The fourth-order valence-corrected chi connectivity index (χ4v) is 8.63. The highest BCUT2D eigenvalue weighted by atomic mass is 35.5. The minimum atomic E-state index is -0.251. The minimum Gasteiger partial charge on any atom is -0.461 e. The van der Waals surface area contributed by atoms with E-state index in [1.54, 1.807) is 4.90 Å². The van der Waals surface area contributed by atoms with Crippen molar-refractivity contribution in [2.45, 2.75) is 70.2 Å². The topological polar surface area (TPSA) is 75.4 Å². The molecule has 47 heavy (non-hydrogen) atoms. The van der Waals surface area contributed by atoms with Crippen molar-refractivity contribution >= 4 is 39.8 Å². The van der Waals surface area contributed by atoms with Crippen molar-refractivity contribution in [1.29, 1.82) is 0 Å². The number of carbonyl (C=O) groups is 1. The number of benzene rings is 2. The Labute approximate surface area is 282 Å². The molecule has 0 spiro atoms. The molecule has 2 aliphatic heterocycles. The average molecular weight is 655 g/mol. The van der Waals surface area contributed by atoms with E-state index >= 15 is 0 Å². The van der Waals surface area contributed by atoms with Gasteiger partial charge in [0.25, 0.3) is 0 Å². The molecule has 4 atom stereocenters. The lowest BCUT2D eigenvalue weighted by Gasteiger charge is -2.41. The number of aromatic nitrogens is 2. The summed E-state index contributed by atoms with van der Waals surface area (Å²) in [6.07, 6.45) is 8.68. The first-order valence-electron chi connectivity index (χ1n) is 17.0. The summed E-state index contributed by atoms with van der Waals surface area (Å²) in [6.45, 7) is 16.9. The van der Waals surface area contributed by atoms with E-state index in [4.69, 9.17) is 37.6 Å². The zero-order valence-electron chi connectivity index (χ0n) is 27.1. The Hall–Kier alpha value is -3.87. The van der Waals surface area contributed by atoms with E-state index in [9.17, 15) is 4.79 Å². The molecule has 2 unspecified atom stereocenters. The zero-order valence-corrected chi connectivity index (χ0v) is 27.9. The van der Waals surface area contributed by atoms with Crippen LogP contribution in [0, 0.1) is 18.4 Å². The SMILES string of the molecule is [C-]#[N+]C[C@H]1CN(c2nc(OC[C@H](C)OC3CC4CCCC4C3)nc3c2CCN(c2cccc4cccc(Cl)c24)C3)CCN1C(=O)C=C. The molecule has 3 heterocycles. The number of nitrogens with zero attached hydrogens (tertiary/aromatic N) is 6. The van der Waals surface area contributed by atoms with Gasteiger partial charge in [0.2, 0.25) is 12.5 Å². The molecule has 9 nitrogen and oxygen atoms in total. The molecule has 4 aliphatic rings. The summed E-state index contributed by atoms with van der Waals surface area (Å²) in [5.41, 5.74) is 3.09. The summed E-state index contributed by atoms with van der Waals surface area (Å²) in [4.78, 5) is 32.6. The number of carbonyl (C=O) groups excluding carboxylic acids is 1. The first-order chi connectivity index (χ1) is 22.9. The number of amides is 1. The Morgan fingerprint density at radius 2 is 1.91 bits per heavy atom. The fourth-order valence-electron chi connectivity index (χ4n) is 8.35. The zero-order chi connectivity index (χ0) is 32.5. The van der Waals surface area contributed by atoms with Crippen LogP contribution in [0.25, 0.3) is 15.6 Å². The highest BCUT2D eigenvalue weighted by Crippen LogP contribution is 2.45. The van der Waals surface area contributed by atoms with Crippen LogP contribution < -0.4 is 14.5 Å². The van der Waals surface area contributed by atoms with Gasteiger partial charge in [0.05, 0.1) is 29.5 Å². The highest BCUT2D eigenvalue weighted by Gasteiger charge is 2.39. The number of rotatable bonds is 9. The molecule has 7 rings (SSSR count). The Balaban J connectivity index is 1.15. The van der Waals surface area contributed by atoms with Crippen molar-refractivity contribution in [2.75, 3.05) is 49.1 Å². The lowest BCUT2D eigenvalue weighted by molar-refractivity contribution is -0.128. The molecule has 1 aromatic heterocycles. The first-order valence-corrected chi connectivity index (χ1v) is 17.4. The van der Waals surface area contributed by atoms with Crippen LogP contribution in [0.15, 0.2) is 49.1 Å². The predicted molar refractivity (Wildman–Crippen MR) is 185 cm³/mol. The van der Waals surface area contributed by atoms with Crippen LogP contribution >= 0.6 is 11.6 Å². The van der Waals surface area contributed by atoms with Gasteiger partial charge >= 0.3 is 6.01 Å². The summed E-state index contributed by atoms with van der Waals surface area (Å²) < 4.78 is 12.8. The minimum absolute atomic E-state index is 0.0762. The molecule has 3 aromatic rings. The molecule has 1 saturated heterocycles. The molecule has 3 fully saturated rings. The summed E-state index contributed by atoms with van der Waals surface area (Å²) in [5.74, 6) is 2.34. The molecule has 2 aromatic carbocycles. The van der Waals surface area contributed by atoms with Gasteiger partial charge in [-0.3, -0.25) is 4.79 Å². The van der Waals surface area contributed by atoms with E-state index in [1.165, 1.54) is 25.3 Å². The van der Waals surface area contributed by atoms with Gasteiger partial charge in [-0.25, -0.2) is 6.57 Å². The lowest BCUT2D eigenvalue weighted by atomic mass is 10.0. The number of ether oxygens (including phenoxy) is 2. The molecular weight excluding hydrogens is 612 g/mol.